The Bertz CT molecular complexity index is 574. The SMILES string of the molecule is CCN(c1ccccc1F)c1cccc(Cl)c1CO. The molecule has 0 fully saturated rings. The van der Waals surface area contributed by atoms with Crippen LogP contribution in [0.15, 0.2) is 42.5 Å². The van der Waals surface area contributed by atoms with Gasteiger partial charge in [0.1, 0.15) is 5.82 Å². The molecule has 2 rings (SSSR count). The first-order valence-electron chi connectivity index (χ1n) is 6.09. The molecule has 100 valence electrons. The van der Waals surface area contributed by atoms with E-state index in [9.17, 15) is 9.50 Å². The van der Waals surface area contributed by atoms with Crippen molar-refractivity contribution in [2.45, 2.75) is 13.5 Å². The highest BCUT2D eigenvalue weighted by molar-refractivity contribution is 6.31. The first-order chi connectivity index (χ1) is 9.19. The highest BCUT2D eigenvalue weighted by Crippen LogP contribution is 2.33. The number of aliphatic hydroxyl groups excluding tert-OH is 1. The lowest BCUT2D eigenvalue weighted by Crippen LogP contribution is -2.19. The fourth-order valence-electron chi connectivity index (χ4n) is 2.10. The topological polar surface area (TPSA) is 23.5 Å². The quantitative estimate of drug-likeness (QED) is 0.910. The van der Waals surface area contributed by atoms with Gasteiger partial charge in [0.25, 0.3) is 0 Å². The van der Waals surface area contributed by atoms with Crippen molar-refractivity contribution in [3.63, 3.8) is 0 Å². The van der Waals surface area contributed by atoms with Crippen LogP contribution in [-0.2, 0) is 6.61 Å². The highest BCUT2D eigenvalue weighted by Gasteiger charge is 2.16. The molecule has 0 aliphatic carbocycles. The fraction of sp³-hybridized carbons (Fsp3) is 0.200. The Morgan fingerprint density at radius 3 is 2.42 bits per heavy atom. The number of hydrogen-bond acceptors (Lipinski definition) is 2. The molecule has 2 aromatic carbocycles. The van der Waals surface area contributed by atoms with E-state index in [4.69, 9.17) is 11.6 Å². The summed E-state index contributed by atoms with van der Waals surface area (Å²) in [5.41, 5.74) is 1.80. The molecule has 0 saturated carbocycles. The largest absolute Gasteiger partial charge is 0.392 e. The van der Waals surface area contributed by atoms with Gasteiger partial charge in [0.05, 0.1) is 12.3 Å². The molecule has 0 heterocycles. The van der Waals surface area contributed by atoms with Gasteiger partial charge in [-0.3, -0.25) is 0 Å². The average Bonchev–Trinajstić information content (AvgIpc) is 2.42. The van der Waals surface area contributed by atoms with Crippen molar-refractivity contribution in [2.24, 2.45) is 0 Å². The fourth-order valence-corrected chi connectivity index (χ4v) is 2.33. The average molecular weight is 280 g/mol. The summed E-state index contributed by atoms with van der Waals surface area (Å²) in [4.78, 5) is 1.80. The van der Waals surface area contributed by atoms with Crippen LogP contribution in [0.3, 0.4) is 0 Å². The molecule has 19 heavy (non-hydrogen) atoms. The molecule has 0 aliphatic heterocycles. The van der Waals surface area contributed by atoms with Crippen LogP contribution in [0.2, 0.25) is 5.02 Å². The van der Waals surface area contributed by atoms with Crippen LogP contribution >= 0.6 is 11.6 Å². The summed E-state index contributed by atoms with van der Waals surface area (Å²) >= 11 is 6.08. The van der Waals surface area contributed by atoms with Gasteiger partial charge >= 0.3 is 0 Å². The maximum Gasteiger partial charge on any atom is 0.146 e. The molecule has 0 aliphatic rings. The van der Waals surface area contributed by atoms with Crippen LogP contribution in [0.5, 0.6) is 0 Å². The number of hydrogen-bond donors (Lipinski definition) is 1. The number of rotatable bonds is 4. The molecule has 0 bridgehead atoms. The lowest BCUT2D eigenvalue weighted by Gasteiger charge is -2.26. The van der Waals surface area contributed by atoms with E-state index in [1.165, 1.54) is 6.07 Å². The molecule has 1 N–H and O–H groups in total. The summed E-state index contributed by atoms with van der Waals surface area (Å²) in [5, 5.41) is 9.94. The molecule has 2 aromatic rings. The van der Waals surface area contributed by atoms with E-state index in [1.807, 2.05) is 13.0 Å². The third-order valence-corrected chi connectivity index (χ3v) is 3.36. The van der Waals surface area contributed by atoms with Crippen molar-refractivity contribution in [3.8, 4) is 0 Å². The zero-order valence-electron chi connectivity index (χ0n) is 10.6. The van der Waals surface area contributed by atoms with Crippen molar-refractivity contribution >= 4 is 23.0 Å². The Balaban J connectivity index is 2.55. The minimum absolute atomic E-state index is 0.181. The third kappa shape index (κ3) is 2.72. The number of benzene rings is 2. The van der Waals surface area contributed by atoms with Gasteiger partial charge in [-0.2, -0.15) is 0 Å². The zero-order chi connectivity index (χ0) is 13.8. The van der Waals surface area contributed by atoms with Gasteiger partial charge in [-0.15, -0.1) is 0 Å². The van der Waals surface area contributed by atoms with Gasteiger partial charge < -0.3 is 10.0 Å². The normalized spacial score (nSPS) is 10.5. The minimum atomic E-state index is -0.298. The maximum atomic E-state index is 13.9. The van der Waals surface area contributed by atoms with Gasteiger partial charge in [0.15, 0.2) is 0 Å². The van der Waals surface area contributed by atoms with E-state index in [0.717, 1.165) is 5.69 Å². The molecule has 4 heteroatoms. The lowest BCUT2D eigenvalue weighted by molar-refractivity contribution is 0.282. The Labute approximate surface area is 117 Å². The van der Waals surface area contributed by atoms with Crippen molar-refractivity contribution in [1.82, 2.24) is 0 Å². The Morgan fingerprint density at radius 1 is 1.11 bits per heavy atom. The molecule has 0 radical (unpaired) electrons. The molecule has 0 aromatic heterocycles. The van der Waals surface area contributed by atoms with Gasteiger partial charge in [-0.25, -0.2) is 4.39 Å². The van der Waals surface area contributed by atoms with Gasteiger partial charge in [-0.05, 0) is 31.2 Å². The molecule has 0 atom stereocenters. The summed E-state index contributed by atoms with van der Waals surface area (Å²) in [6.07, 6.45) is 0. The Hall–Kier alpha value is -1.58. The van der Waals surface area contributed by atoms with Crippen LogP contribution in [0.1, 0.15) is 12.5 Å². The van der Waals surface area contributed by atoms with E-state index >= 15 is 0 Å². The van der Waals surface area contributed by atoms with Crippen molar-refractivity contribution in [2.75, 3.05) is 11.4 Å². The Morgan fingerprint density at radius 2 is 1.79 bits per heavy atom. The van der Waals surface area contributed by atoms with Gasteiger partial charge in [-0.1, -0.05) is 29.8 Å². The number of aliphatic hydroxyl groups is 1. The van der Waals surface area contributed by atoms with Crippen LogP contribution in [0.4, 0.5) is 15.8 Å². The van der Waals surface area contributed by atoms with Crippen molar-refractivity contribution in [3.05, 3.63) is 58.9 Å². The second-order valence-corrected chi connectivity index (χ2v) is 4.50. The predicted molar refractivity (Wildman–Crippen MR) is 76.5 cm³/mol. The molecule has 0 unspecified atom stereocenters. The Kier molecular flexibility index (Phi) is 4.40. The molecular formula is C15H15ClFNO. The maximum absolute atomic E-state index is 13.9. The van der Waals surface area contributed by atoms with E-state index in [0.29, 0.717) is 22.8 Å². The van der Waals surface area contributed by atoms with Crippen LogP contribution in [0, 0.1) is 5.82 Å². The molecule has 0 spiro atoms. The molecule has 0 saturated heterocycles. The third-order valence-electron chi connectivity index (χ3n) is 3.00. The number of nitrogens with zero attached hydrogens (tertiary/aromatic N) is 1. The monoisotopic (exact) mass is 279 g/mol. The summed E-state index contributed by atoms with van der Waals surface area (Å²) in [5.74, 6) is -0.298. The smallest absolute Gasteiger partial charge is 0.146 e. The summed E-state index contributed by atoms with van der Waals surface area (Å²) < 4.78 is 13.9. The standard InChI is InChI=1S/C15H15ClFNO/c1-2-18(15-8-4-3-7-13(15)17)14-9-5-6-12(16)11(14)10-19/h3-9,19H,2,10H2,1H3. The van der Waals surface area contributed by atoms with E-state index in [-0.39, 0.29) is 12.4 Å². The van der Waals surface area contributed by atoms with Gasteiger partial charge in [0.2, 0.25) is 0 Å². The molecular weight excluding hydrogens is 265 g/mol. The van der Waals surface area contributed by atoms with Crippen LogP contribution in [0.25, 0.3) is 0 Å². The predicted octanol–water partition coefficient (Wildman–Crippen LogP) is 4.13. The lowest BCUT2D eigenvalue weighted by atomic mass is 10.1. The first kappa shape index (κ1) is 13.8. The number of para-hydroxylation sites is 1. The van der Waals surface area contributed by atoms with Crippen LogP contribution < -0.4 is 4.90 Å². The van der Waals surface area contributed by atoms with Crippen molar-refractivity contribution in [1.29, 1.82) is 0 Å². The second-order valence-electron chi connectivity index (χ2n) is 4.09. The van der Waals surface area contributed by atoms with Crippen LogP contribution in [-0.4, -0.2) is 11.7 Å². The van der Waals surface area contributed by atoms with E-state index < -0.39 is 0 Å². The molecule has 0 amide bonds. The van der Waals surface area contributed by atoms with Gasteiger partial charge in [0, 0.05) is 22.8 Å². The number of halogens is 2. The van der Waals surface area contributed by atoms with Crippen molar-refractivity contribution < 1.29 is 9.50 Å². The number of anilines is 2. The summed E-state index contributed by atoms with van der Waals surface area (Å²) in [6, 6.07) is 11.9. The second kappa shape index (κ2) is 6.04. The van der Waals surface area contributed by atoms with E-state index in [2.05, 4.69) is 0 Å². The highest BCUT2D eigenvalue weighted by atomic mass is 35.5. The minimum Gasteiger partial charge on any atom is -0.392 e. The summed E-state index contributed by atoms with van der Waals surface area (Å²) in [6.45, 7) is 2.32. The summed E-state index contributed by atoms with van der Waals surface area (Å²) in [7, 11) is 0. The first-order valence-corrected chi connectivity index (χ1v) is 6.47. The zero-order valence-corrected chi connectivity index (χ0v) is 11.4. The van der Waals surface area contributed by atoms with E-state index in [1.54, 1.807) is 35.2 Å². The molecule has 2 nitrogen and oxygen atoms in total.